The lowest BCUT2D eigenvalue weighted by Gasteiger charge is -2.30. The highest BCUT2D eigenvalue weighted by molar-refractivity contribution is 6.36. The number of anilines is 1. The third kappa shape index (κ3) is 5.94. The molecule has 6 nitrogen and oxygen atoms in total. The van der Waals surface area contributed by atoms with Gasteiger partial charge < -0.3 is 9.84 Å². The van der Waals surface area contributed by atoms with E-state index in [0.29, 0.717) is 34.0 Å². The van der Waals surface area contributed by atoms with Gasteiger partial charge in [0.15, 0.2) is 0 Å². The second-order valence-electron chi connectivity index (χ2n) is 9.50. The number of hydrogen-bond donors (Lipinski definition) is 1. The van der Waals surface area contributed by atoms with Gasteiger partial charge in [0.25, 0.3) is 0 Å². The van der Waals surface area contributed by atoms with E-state index in [2.05, 4.69) is 53.3 Å². The molecule has 8 heteroatoms. The molecule has 0 bridgehead atoms. The minimum absolute atomic E-state index is 0.0161. The molecule has 1 saturated heterocycles. The summed E-state index contributed by atoms with van der Waals surface area (Å²) in [6, 6.07) is 13.3. The molecule has 1 aliphatic heterocycles. The van der Waals surface area contributed by atoms with Crippen LogP contribution in [0.3, 0.4) is 0 Å². The third-order valence-corrected chi connectivity index (χ3v) is 6.53. The van der Waals surface area contributed by atoms with E-state index in [-0.39, 0.29) is 17.2 Å². The number of benzene rings is 2. The summed E-state index contributed by atoms with van der Waals surface area (Å²) in [7, 11) is 0. The van der Waals surface area contributed by atoms with Crippen LogP contribution in [0.1, 0.15) is 45.1 Å². The standard InChI is InChI=1S/C25H28Cl2N4O2/c1-25(2,3)18-6-4-16(5-7-18)23-29-22(33-30-23)15-31-12-10-17(11-13-31)24(32)28-21-9-8-19(26)14-20(21)27/h4-9,14,17H,10-13,15H2,1-3H3,(H,28,32). The maximum Gasteiger partial charge on any atom is 0.241 e. The molecular weight excluding hydrogens is 459 g/mol. The number of nitrogens with one attached hydrogen (secondary N) is 1. The van der Waals surface area contributed by atoms with E-state index < -0.39 is 0 Å². The van der Waals surface area contributed by atoms with Crippen molar-refractivity contribution in [1.82, 2.24) is 15.0 Å². The third-order valence-electron chi connectivity index (χ3n) is 5.98. The first-order valence-corrected chi connectivity index (χ1v) is 11.9. The molecule has 0 saturated carbocycles. The first kappa shape index (κ1) is 23.7. The van der Waals surface area contributed by atoms with Crippen molar-refractivity contribution in [3.63, 3.8) is 0 Å². The Morgan fingerprint density at radius 2 is 1.82 bits per heavy atom. The molecule has 3 aromatic rings. The van der Waals surface area contributed by atoms with Crippen LogP contribution < -0.4 is 5.32 Å². The summed E-state index contributed by atoms with van der Waals surface area (Å²) in [5.74, 6) is 1.10. The summed E-state index contributed by atoms with van der Waals surface area (Å²) >= 11 is 12.1. The number of halogens is 2. The van der Waals surface area contributed by atoms with Crippen LogP contribution in [0.2, 0.25) is 10.0 Å². The van der Waals surface area contributed by atoms with E-state index in [1.54, 1.807) is 18.2 Å². The molecule has 2 heterocycles. The van der Waals surface area contributed by atoms with Crippen molar-refractivity contribution in [1.29, 1.82) is 0 Å². The Hall–Kier alpha value is -2.41. The Kier molecular flexibility index (Phi) is 7.07. The van der Waals surface area contributed by atoms with Crippen LogP contribution in [0.25, 0.3) is 11.4 Å². The van der Waals surface area contributed by atoms with Gasteiger partial charge in [0.05, 0.1) is 17.3 Å². The smallest absolute Gasteiger partial charge is 0.241 e. The van der Waals surface area contributed by atoms with Crippen LogP contribution in [-0.2, 0) is 16.8 Å². The Morgan fingerprint density at radius 1 is 1.12 bits per heavy atom. The van der Waals surface area contributed by atoms with Crippen LogP contribution >= 0.6 is 23.2 Å². The zero-order chi connectivity index (χ0) is 23.6. The van der Waals surface area contributed by atoms with Gasteiger partial charge in [-0.2, -0.15) is 4.98 Å². The highest BCUT2D eigenvalue weighted by Crippen LogP contribution is 2.28. The fraction of sp³-hybridized carbons (Fsp3) is 0.400. The topological polar surface area (TPSA) is 71.3 Å². The molecule has 0 aliphatic carbocycles. The summed E-state index contributed by atoms with van der Waals surface area (Å²) < 4.78 is 5.49. The lowest BCUT2D eigenvalue weighted by molar-refractivity contribution is -0.121. The lowest BCUT2D eigenvalue weighted by Crippen LogP contribution is -2.37. The van der Waals surface area contributed by atoms with Crippen LogP contribution in [-0.4, -0.2) is 34.0 Å². The lowest BCUT2D eigenvalue weighted by atomic mass is 9.87. The molecule has 0 spiro atoms. The number of carbonyl (C=O) groups is 1. The maximum absolute atomic E-state index is 12.7. The van der Waals surface area contributed by atoms with E-state index in [0.717, 1.165) is 31.5 Å². The van der Waals surface area contributed by atoms with Crippen LogP contribution in [0, 0.1) is 5.92 Å². The highest BCUT2D eigenvalue weighted by atomic mass is 35.5. The second-order valence-corrected chi connectivity index (χ2v) is 10.3. The Balaban J connectivity index is 1.30. The normalized spacial score (nSPS) is 15.5. The van der Waals surface area contributed by atoms with Crippen molar-refractivity contribution in [3.8, 4) is 11.4 Å². The van der Waals surface area contributed by atoms with Crippen LogP contribution in [0.4, 0.5) is 5.69 Å². The number of amides is 1. The number of piperidine rings is 1. The molecule has 174 valence electrons. The Bertz CT molecular complexity index is 1110. The molecule has 0 radical (unpaired) electrons. The van der Waals surface area contributed by atoms with Crippen molar-refractivity contribution in [2.75, 3.05) is 18.4 Å². The van der Waals surface area contributed by atoms with Gasteiger partial charge in [0, 0.05) is 16.5 Å². The van der Waals surface area contributed by atoms with Crippen molar-refractivity contribution in [2.45, 2.75) is 45.6 Å². The summed E-state index contributed by atoms with van der Waals surface area (Å²) in [6.07, 6.45) is 1.51. The monoisotopic (exact) mass is 486 g/mol. The summed E-state index contributed by atoms with van der Waals surface area (Å²) in [5.41, 5.74) is 2.89. The fourth-order valence-electron chi connectivity index (χ4n) is 3.93. The van der Waals surface area contributed by atoms with Crippen molar-refractivity contribution in [3.05, 3.63) is 64.0 Å². The van der Waals surface area contributed by atoms with E-state index in [1.165, 1.54) is 5.56 Å². The fourth-order valence-corrected chi connectivity index (χ4v) is 4.38. The Morgan fingerprint density at radius 3 is 2.45 bits per heavy atom. The summed E-state index contributed by atoms with van der Waals surface area (Å²) in [6.45, 7) is 8.70. The molecule has 0 unspecified atom stereocenters. The zero-order valence-corrected chi connectivity index (χ0v) is 20.6. The van der Waals surface area contributed by atoms with E-state index in [1.807, 2.05) is 12.1 Å². The van der Waals surface area contributed by atoms with Gasteiger partial charge in [0.1, 0.15) is 0 Å². The number of nitrogens with zero attached hydrogens (tertiary/aromatic N) is 3. The predicted molar refractivity (Wildman–Crippen MR) is 132 cm³/mol. The van der Waals surface area contributed by atoms with Gasteiger partial charge in [-0.15, -0.1) is 0 Å². The SMILES string of the molecule is CC(C)(C)c1ccc(-c2noc(CN3CCC(C(=O)Nc4ccc(Cl)cc4Cl)CC3)n2)cc1. The zero-order valence-electron chi connectivity index (χ0n) is 19.1. The molecular formula is C25H28Cl2N4O2. The van der Waals surface area contributed by atoms with Gasteiger partial charge in [-0.3, -0.25) is 9.69 Å². The highest BCUT2D eigenvalue weighted by Gasteiger charge is 2.26. The maximum atomic E-state index is 12.7. The molecule has 1 fully saturated rings. The number of hydrogen-bond acceptors (Lipinski definition) is 5. The number of rotatable bonds is 5. The molecule has 1 amide bonds. The van der Waals surface area contributed by atoms with Crippen LogP contribution in [0.15, 0.2) is 47.0 Å². The van der Waals surface area contributed by atoms with Gasteiger partial charge in [0.2, 0.25) is 17.6 Å². The van der Waals surface area contributed by atoms with Crippen molar-refractivity contribution >= 4 is 34.8 Å². The first-order valence-electron chi connectivity index (χ1n) is 11.1. The molecule has 33 heavy (non-hydrogen) atoms. The first-order chi connectivity index (χ1) is 15.7. The molecule has 4 rings (SSSR count). The molecule has 1 N–H and O–H groups in total. The minimum atomic E-state index is -0.0624. The molecule has 1 aliphatic rings. The van der Waals surface area contributed by atoms with E-state index in [4.69, 9.17) is 27.7 Å². The van der Waals surface area contributed by atoms with Crippen molar-refractivity contribution in [2.24, 2.45) is 5.92 Å². The molecule has 1 aromatic heterocycles. The quantitative estimate of drug-likeness (QED) is 0.465. The number of aromatic nitrogens is 2. The summed E-state index contributed by atoms with van der Waals surface area (Å²) in [4.78, 5) is 19.5. The van der Waals surface area contributed by atoms with Gasteiger partial charge in [-0.1, -0.05) is 73.4 Å². The number of likely N-dealkylation sites (tertiary alicyclic amines) is 1. The largest absolute Gasteiger partial charge is 0.338 e. The summed E-state index contributed by atoms with van der Waals surface area (Å²) in [5, 5.41) is 8.04. The van der Waals surface area contributed by atoms with Crippen molar-refractivity contribution < 1.29 is 9.32 Å². The average Bonchev–Trinajstić information content (AvgIpc) is 3.24. The van der Waals surface area contributed by atoms with Crippen LogP contribution in [0.5, 0.6) is 0 Å². The minimum Gasteiger partial charge on any atom is -0.338 e. The average molecular weight is 487 g/mol. The number of carbonyl (C=O) groups excluding carboxylic acids is 1. The predicted octanol–water partition coefficient (Wildman–Crippen LogP) is 6.19. The second kappa shape index (κ2) is 9.84. The van der Waals surface area contributed by atoms with Gasteiger partial charge >= 0.3 is 0 Å². The van der Waals surface area contributed by atoms with E-state index >= 15 is 0 Å². The molecule has 0 atom stereocenters. The van der Waals surface area contributed by atoms with Gasteiger partial charge in [-0.05, 0) is 55.1 Å². The molecule has 2 aromatic carbocycles. The Labute approximate surface area is 204 Å². The van der Waals surface area contributed by atoms with Gasteiger partial charge in [-0.25, -0.2) is 0 Å². The van der Waals surface area contributed by atoms with E-state index in [9.17, 15) is 4.79 Å².